The van der Waals surface area contributed by atoms with Crippen molar-refractivity contribution in [2.24, 2.45) is 5.92 Å². The van der Waals surface area contributed by atoms with Crippen LogP contribution in [0.15, 0.2) is 58.3 Å². The van der Waals surface area contributed by atoms with Crippen molar-refractivity contribution in [2.45, 2.75) is 28.2 Å². The number of rotatable bonds is 2. The number of fused-ring (bicyclic) bond motifs is 5. The summed E-state index contributed by atoms with van der Waals surface area (Å²) in [6.07, 6.45) is 2.25. The third-order valence-corrected chi connectivity index (χ3v) is 6.94. The largest absolute Gasteiger partial charge is 0.386 e. The molecule has 2 aromatic rings. The Labute approximate surface area is 147 Å². The van der Waals surface area contributed by atoms with Crippen molar-refractivity contribution in [3.63, 3.8) is 0 Å². The molecule has 0 saturated carbocycles. The standard InChI is InChI=1S/C20H22N2OS/c23-20(13-21-11-9-15(20)10-12-21)14-22-16-5-1-3-7-18(16)24-19-8-4-2-6-17(19)22/h1-8,15,23H,9-14H2. The van der Waals surface area contributed by atoms with E-state index in [9.17, 15) is 5.11 Å². The van der Waals surface area contributed by atoms with Gasteiger partial charge in [-0.05, 0) is 56.1 Å². The molecule has 3 fully saturated rings. The molecular formula is C20H22N2OS. The summed E-state index contributed by atoms with van der Waals surface area (Å²) in [7, 11) is 0. The van der Waals surface area contributed by atoms with Crippen LogP contribution in [0.25, 0.3) is 0 Å². The van der Waals surface area contributed by atoms with E-state index in [0.29, 0.717) is 12.5 Å². The van der Waals surface area contributed by atoms with Crippen LogP contribution in [0.4, 0.5) is 11.4 Å². The lowest BCUT2D eigenvalue weighted by atomic mass is 9.75. The fraction of sp³-hybridized carbons (Fsp3) is 0.400. The van der Waals surface area contributed by atoms with Gasteiger partial charge in [0, 0.05) is 16.3 Å². The van der Waals surface area contributed by atoms with E-state index in [1.807, 2.05) is 11.8 Å². The molecule has 0 aliphatic carbocycles. The zero-order valence-corrected chi connectivity index (χ0v) is 14.5. The van der Waals surface area contributed by atoms with Gasteiger partial charge in [-0.1, -0.05) is 36.0 Å². The van der Waals surface area contributed by atoms with Crippen LogP contribution >= 0.6 is 11.8 Å². The highest BCUT2D eigenvalue weighted by atomic mass is 32.2. The minimum absolute atomic E-state index is 0.427. The van der Waals surface area contributed by atoms with E-state index >= 15 is 0 Å². The zero-order chi connectivity index (χ0) is 16.1. The van der Waals surface area contributed by atoms with Gasteiger partial charge in [0.2, 0.25) is 0 Å². The predicted molar refractivity (Wildman–Crippen MR) is 98.1 cm³/mol. The second kappa shape index (κ2) is 5.51. The third kappa shape index (κ3) is 2.28. The Morgan fingerprint density at radius 1 is 0.958 bits per heavy atom. The van der Waals surface area contributed by atoms with Crippen LogP contribution in [0.5, 0.6) is 0 Å². The first kappa shape index (κ1) is 14.8. The van der Waals surface area contributed by atoms with Crippen molar-refractivity contribution in [1.82, 2.24) is 4.90 Å². The molecule has 3 saturated heterocycles. The van der Waals surface area contributed by atoms with E-state index in [1.54, 1.807) is 0 Å². The quantitative estimate of drug-likeness (QED) is 0.902. The summed E-state index contributed by atoms with van der Waals surface area (Å²) in [5, 5.41) is 11.5. The molecule has 0 aromatic heterocycles. The van der Waals surface area contributed by atoms with E-state index in [1.165, 1.54) is 21.2 Å². The molecule has 6 rings (SSSR count). The Hall–Kier alpha value is -1.49. The fourth-order valence-electron chi connectivity index (χ4n) is 4.55. The van der Waals surface area contributed by atoms with Gasteiger partial charge in [0.25, 0.3) is 0 Å². The van der Waals surface area contributed by atoms with Gasteiger partial charge in [0.1, 0.15) is 0 Å². The maximum Gasteiger partial charge on any atom is 0.0980 e. The number of piperidine rings is 3. The highest BCUT2D eigenvalue weighted by Gasteiger charge is 2.47. The minimum atomic E-state index is -0.612. The summed E-state index contributed by atoms with van der Waals surface area (Å²) < 4.78 is 0. The lowest BCUT2D eigenvalue weighted by molar-refractivity contribution is -0.104. The molecule has 2 aromatic carbocycles. The van der Waals surface area contributed by atoms with Crippen molar-refractivity contribution in [2.75, 3.05) is 31.1 Å². The molecule has 1 atom stereocenters. The first-order valence-corrected chi connectivity index (χ1v) is 9.63. The molecule has 1 unspecified atom stereocenters. The van der Waals surface area contributed by atoms with Crippen LogP contribution in [0.3, 0.4) is 0 Å². The first-order chi connectivity index (χ1) is 11.7. The molecular weight excluding hydrogens is 316 g/mol. The monoisotopic (exact) mass is 338 g/mol. The predicted octanol–water partition coefficient (Wildman–Crippen LogP) is 3.75. The second-order valence-electron chi connectivity index (χ2n) is 7.28. The van der Waals surface area contributed by atoms with Gasteiger partial charge in [-0.2, -0.15) is 0 Å². The average molecular weight is 338 g/mol. The Morgan fingerprint density at radius 2 is 1.54 bits per heavy atom. The van der Waals surface area contributed by atoms with E-state index in [-0.39, 0.29) is 0 Å². The molecule has 0 radical (unpaired) electrons. The topological polar surface area (TPSA) is 26.7 Å². The third-order valence-electron chi connectivity index (χ3n) is 5.81. The fourth-order valence-corrected chi connectivity index (χ4v) is 5.64. The minimum Gasteiger partial charge on any atom is -0.386 e. The summed E-state index contributed by atoms with van der Waals surface area (Å²) in [5.74, 6) is 0.427. The van der Waals surface area contributed by atoms with E-state index < -0.39 is 5.60 Å². The number of nitrogens with zero attached hydrogens (tertiary/aromatic N) is 2. The molecule has 4 heteroatoms. The Morgan fingerprint density at radius 3 is 2.08 bits per heavy atom. The molecule has 4 heterocycles. The Bertz CT molecular complexity index is 726. The van der Waals surface area contributed by atoms with Crippen molar-refractivity contribution in [3.8, 4) is 0 Å². The lowest BCUT2D eigenvalue weighted by Gasteiger charge is -2.52. The van der Waals surface area contributed by atoms with Gasteiger partial charge in [-0.3, -0.25) is 0 Å². The second-order valence-corrected chi connectivity index (χ2v) is 8.36. The number of anilines is 2. The first-order valence-electron chi connectivity index (χ1n) is 8.81. The van der Waals surface area contributed by atoms with Gasteiger partial charge in [0.15, 0.2) is 0 Å². The van der Waals surface area contributed by atoms with Crippen LogP contribution in [-0.2, 0) is 0 Å². The highest BCUT2D eigenvalue weighted by molar-refractivity contribution is 7.99. The van der Waals surface area contributed by atoms with E-state index in [0.717, 1.165) is 32.5 Å². The molecule has 1 N–H and O–H groups in total. The number of β-amino-alcohol motifs (C(OH)–C–C–N with tert-alkyl or cyclic N) is 1. The summed E-state index contributed by atoms with van der Waals surface area (Å²) in [5.41, 5.74) is 1.84. The number of hydrogen-bond donors (Lipinski definition) is 1. The van der Waals surface area contributed by atoms with Gasteiger partial charge in [0.05, 0.1) is 23.5 Å². The number of para-hydroxylation sites is 2. The number of hydrogen-bond acceptors (Lipinski definition) is 4. The molecule has 3 nitrogen and oxygen atoms in total. The Balaban J connectivity index is 1.56. The Kier molecular flexibility index (Phi) is 3.40. The smallest absolute Gasteiger partial charge is 0.0980 e. The van der Waals surface area contributed by atoms with Gasteiger partial charge in [-0.15, -0.1) is 0 Å². The van der Waals surface area contributed by atoms with Gasteiger partial charge < -0.3 is 14.9 Å². The van der Waals surface area contributed by atoms with Crippen LogP contribution < -0.4 is 4.90 Å². The van der Waals surface area contributed by atoms with Gasteiger partial charge in [-0.25, -0.2) is 0 Å². The average Bonchev–Trinajstić information content (AvgIpc) is 2.62. The molecule has 4 aliphatic heterocycles. The van der Waals surface area contributed by atoms with E-state index in [2.05, 4.69) is 58.3 Å². The molecule has 4 aliphatic rings. The van der Waals surface area contributed by atoms with Crippen molar-refractivity contribution in [1.29, 1.82) is 0 Å². The summed E-state index contributed by atoms with van der Waals surface area (Å²) >= 11 is 1.83. The highest BCUT2D eigenvalue weighted by Crippen LogP contribution is 2.49. The van der Waals surface area contributed by atoms with Crippen molar-refractivity contribution >= 4 is 23.1 Å². The summed E-state index contributed by atoms with van der Waals surface area (Å²) in [4.78, 5) is 7.33. The molecule has 24 heavy (non-hydrogen) atoms. The number of aliphatic hydroxyl groups is 1. The molecule has 124 valence electrons. The maximum atomic E-state index is 11.5. The summed E-state index contributed by atoms with van der Waals surface area (Å²) in [6, 6.07) is 17.1. The van der Waals surface area contributed by atoms with Crippen molar-refractivity contribution < 1.29 is 5.11 Å². The van der Waals surface area contributed by atoms with Crippen LogP contribution in [0.1, 0.15) is 12.8 Å². The molecule has 0 amide bonds. The van der Waals surface area contributed by atoms with Gasteiger partial charge >= 0.3 is 0 Å². The van der Waals surface area contributed by atoms with Crippen molar-refractivity contribution in [3.05, 3.63) is 48.5 Å². The lowest BCUT2D eigenvalue weighted by Crippen LogP contribution is -2.63. The van der Waals surface area contributed by atoms with Crippen LogP contribution in [0.2, 0.25) is 0 Å². The number of benzene rings is 2. The molecule has 2 bridgehead atoms. The summed E-state index contributed by atoms with van der Waals surface area (Å²) in [6.45, 7) is 3.79. The van der Waals surface area contributed by atoms with E-state index in [4.69, 9.17) is 0 Å². The van der Waals surface area contributed by atoms with Crippen LogP contribution in [0, 0.1) is 5.92 Å². The molecule has 0 spiro atoms. The normalized spacial score (nSPS) is 30.8. The maximum absolute atomic E-state index is 11.5. The SMILES string of the molecule is OC1(CN2c3ccccc3Sc3ccccc32)CN2CCC1CC2. The zero-order valence-electron chi connectivity index (χ0n) is 13.7. The van der Waals surface area contributed by atoms with Crippen LogP contribution in [-0.4, -0.2) is 41.8 Å².